The van der Waals surface area contributed by atoms with Gasteiger partial charge in [0, 0.05) is 33.7 Å². The molecule has 0 atom stereocenters. The number of halogens is 1. The average Bonchev–Trinajstić information content (AvgIpc) is 2.40. The highest BCUT2D eigenvalue weighted by Crippen LogP contribution is 2.33. The minimum Gasteiger partial charge on any atom is -0.348 e. The first-order valence-electron chi connectivity index (χ1n) is 5.36. The van der Waals surface area contributed by atoms with E-state index in [-0.39, 0.29) is 5.54 Å². The van der Waals surface area contributed by atoms with Gasteiger partial charge in [-0.3, -0.25) is 0 Å². The first-order valence-corrected chi connectivity index (χ1v) is 6.15. The largest absolute Gasteiger partial charge is 0.348 e. The summed E-state index contributed by atoms with van der Waals surface area (Å²) in [6.45, 7) is 6.23. The Kier molecular flexibility index (Phi) is 2.63. The SMILES string of the molecule is Cc1c(C(C)(C)N)c2ccc(Br)cc2n1C. The zero-order valence-electron chi connectivity index (χ0n) is 10.1. The Bertz CT molecular complexity index is 547. The van der Waals surface area contributed by atoms with Gasteiger partial charge >= 0.3 is 0 Å². The van der Waals surface area contributed by atoms with E-state index in [0.717, 1.165) is 4.47 Å². The van der Waals surface area contributed by atoms with Gasteiger partial charge in [-0.1, -0.05) is 22.0 Å². The summed E-state index contributed by atoms with van der Waals surface area (Å²) in [6.07, 6.45) is 0. The van der Waals surface area contributed by atoms with Gasteiger partial charge in [-0.05, 0) is 38.5 Å². The molecule has 0 aliphatic carbocycles. The predicted octanol–water partition coefficient (Wildman–Crippen LogP) is 3.44. The Hall–Kier alpha value is -0.800. The van der Waals surface area contributed by atoms with Gasteiger partial charge in [-0.25, -0.2) is 0 Å². The fourth-order valence-corrected chi connectivity index (χ4v) is 2.70. The Morgan fingerprint density at radius 2 is 1.94 bits per heavy atom. The van der Waals surface area contributed by atoms with Crippen LogP contribution in [-0.2, 0) is 12.6 Å². The summed E-state index contributed by atoms with van der Waals surface area (Å²) in [7, 11) is 2.08. The van der Waals surface area contributed by atoms with Crippen LogP contribution in [-0.4, -0.2) is 4.57 Å². The molecule has 2 nitrogen and oxygen atoms in total. The second kappa shape index (κ2) is 3.60. The molecule has 2 rings (SSSR count). The lowest BCUT2D eigenvalue weighted by atomic mass is 9.93. The van der Waals surface area contributed by atoms with E-state index in [1.165, 1.54) is 22.2 Å². The van der Waals surface area contributed by atoms with Crippen molar-refractivity contribution in [1.82, 2.24) is 4.57 Å². The molecule has 0 unspecified atom stereocenters. The van der Waals surface area contributed by atoms with Crippen LogP contribution in [0.15, 0.2) is 22.7 Å². The van der Waals surface area contributed by atoms with E-state index in [4.69, 9.17) is 5.73 Å². The smallest absolute Gasteiger partial charge is 0.0494 e. The number of hydrogen-bond acceptors (Lipinski definition) is 1. The highest BCUT2D eigenvalue weighted by Gasteiger charge is 2.23. The zero-order chi connectivity index (χ0) is 12.1. The second-order valence-corrected chi connectivity index (χ2v) is 5.82. The van der Waals surface area contributed by atoms with Gasteiger partial charge in [0.25, 0.3) is 0 Å². The normalized spacial score (nSPS) is 12.4. The molecular formula is C13H17BrN2. The molecular weight excluding hydrogens is 264 g/mol. The molecule has 1 heterocycles. The molecule has 0 spiro atoms. The molecule has 0 radical (unpaired) electrons. The van der Waals surface area contributed by atoms with Crippen molar-refractivity contribution in [2.24, 2.45) is 12.8 Å². The number of aromatic nitrogens is 1. The van der Waals surface area contributed by atoms with E-state index >= 15 is 0 Å². The Labute approximate surface area is 105 Å². The topological polar surface area (TPSA) is 30.9 Å². The Morgan fingerprint density at radius 1 is 1.31 bits per heavy atom. The molecule has 0 amide bonds. The molecule has 1 aromatic carbocycles. The van der Waals surface area contributed by atoms with Crippen molar-refractivity contribution >= 4 is 26.8 Å². The van der Waals surface area contributed by atoms with Gasteiger partial charge in [0.05, 0.1) is 0 Å². The molecule has 0 aliphatic rings. The quantitative estimate of drug-likeness (QED) is 0.852. The van der Waals surface area contributed by atoms with Crippen molar-refractivity contribution in [3.05, 3.63) is 33.9 Å². The molecule has 0 bridgehead atoms. The minimum absolute atomic E-state index is 0.308. The lowest BCUT2D eigenvalue weighted by Crippen LogP contribution is -2.29. The number of nitrogens with two attached hydrogens (primary N) is 1. The van der Waals surface area contributed by atoms with E-state index in [1.54, 1.807) is 0 Å². The number of hydrogen-bond donors (Lipinski definition) is 1. The third kappa shape index (κ3) is 1.68. The predicted molar refractivity (Wildman–Crippen MR) is 72.6 cm³/mol. The third-order valence-corrected chi connectivity index (χ3v) is 3.59. The van der Waals surface area contributed by atoms with Gasteiger partial charge in [-0.2, -0.15) is 0 Å². The highest BCUT2D eigenvalue weighted by atomic mass is 79.9. The molecule has 0 saturated carbocycles. The highest BCUT2D eigenvalue weighted by molar-refractivity contribution is 9.10. The van der Waals surface area contributed by atoms with Crippen LogP contribution < -0.4 is 5.73 Å². The summed E-state index contributed by atoms with van der Waals surface area (Å²) >= 11 is 3.51. The standard InChI is InChI=1S/C13H17BrN2/c1-8-12(13(2,3)15)10-6-5-9(14)7-11(10)16(8)4/h5-7H,15H2,1-4H3. The molecule has 0 fully saturated rings. The van der Waals surface area contributed by atoms with Crippen molar-refractivity contribution in [3.8, 4) is 0 Å². The van der Waals surface area contributed by atoms with Crippen LogP contribution in [0.4, 0.5) is 0 Å². The molecule has 0 saturated heterocycles. The lowest BCUT2D eigenvalue weighted by molar-refractivity contribution is 0.552. The summed E-state index contributed by atoms with van der Waals surface area (Å²) < 4.78 is 3.30. The Balaban J connectivity index is 2.90. The first-order chi connectivity index (χ1) is 7.32. The Morgan fingerprint density at radius 3 is 2.50 bits per heavy atom. The maximum absolute atomic E-state index is 6.25. The number of aryl methyl sites for hydroxylation is 1. The number of benzene rings is 1. The van der Waals surface area contributed by atoms with Crippen molar-refractivity contribution in [2.75, 3.05) is 0 Å². The third-order valence-electron chi connectivity index (χ3n) is 3.10. The molecule has 1 aromatic heterocycles. The van der Waals surface area contributed by atoms with Crippen LogP contribution in [0.1, 0.15) is 25.1 Å². The van der Waals surface area contributed by atoms with Crippen LogP contribution in [0.2, 0.25) is 0 Å². The van der Waals surface area contributed by atoms with Crippen molar-refractivity contribution in [1.29, 1.82) is 0 Å². The van der Waals surface area contributed by atoms with Gasteiger partial charge in [0.15, 0.2) is 0 Å². The first kappa shape index (κ1) is 11.7. The molecule has 86 valence electrons. The number of rotatable bonds is 1. The van der Waals surface area contributed by atoms with Crippen LogP contribution in [0.25, 0.3) is 10.9 Å². The van der Waals surface area contributed by atoms with Crippen LogP contribution in [0, 0.1) is 6.92 Å². The average molecular weight is 281 g/mol. The second-order valence-electron chi connectivity index (χ2n) is 4.90. The fraction of sp³-hybridized carbons (Fsp3) is 0.385. The zero-order valence-corrected chi connectivity index (χ0v) is 11.7. The summed E-state index contributed by atoms with van der Waals surface area (Å²) in [4.78, 5) is 0. The molecule has 2 aromatic rings. The maximum Gasteiger partial charge on any atom is 0.0494 e. The lowest BCUT2D eigenvalue weighted by Gasteiger charge is -2.19. The summed E-state index contributed by atoms with van der Waals surface area (Å²) in [6, 6.07) is 6.34. The van der Waals surface area contributed by atoms with Gasteiger partial charge in [-0.15, -0.1) is 0 Å². The summed E-state index contributed by atoms with van der Waals surface area (Å²) in [5.41, 5.74) is 9.63. The van der Waals surface area contributed by atoms with E-state index < -0.39 is 0 Å². The van der Waals surface area contributed by atoms with E-state index in [0.29, 0.717) is 0 Å². The summed E-state index contributed by atoms with van der Waals surface area (Å²) in [5, 5.41) is 1.25. The van der Waals surface area contributed by atoms with E-state index in [2.05, 4.69) is 66.5 Å². The molecule has 2 N–H and O–H groups in total. The van der Waals surface area contributed by atoms with Crippen molar-refractivity contribution in [3.63, 3.8) is 0 Å². The molecule has 0 aliphatic heterocycles. The van der Waals surface area contributed by atoms with Crippen LogP contribution in [0.5, 0.6) is 0 Å². The van der Waals surface area contributed by atoms with E-state index in [9.17, 15) is 0 Å². The van der Waals surface area contributed by atoms with Crippen molar-refractivity contribution in [2.45, 2.75) is 26.3 Å². The molecule has 3 heteroatoms. The monoisotopic (exact) mass is 280 g/mol. The number of fused-ring (bicyclic) bond motifs is 1. The molecule has 16 heavy (non-hydrogen) atoms. The van der Waals surface area contributed by atoms with Crippen molar-refractivity contribution < 1.29 is 0 Å². The minimum atomic E-state index is -0.308. The van der Waals surface area contributed by atoms with E-state index in [1.807, 2.05) is 0 Å². The number of nitrogens with zero attached hydrogens (tertiary/aromatic N) is 1. The van der Waals surface area contributed by atoms with Crippen LogP contribution in [0.3, 0.4) is 0 Å². The van der Waals surface area contributed by atoms with Gasteiger partial charge < -0.3 is 10.3 Å². The summed E-state index contributed by atoms with van der Waals surface area (Å²) in [5.74, 6) is 0. The fourth-order valence-electron chi connectivity index (χ4n) is 2.35. The maximum atomic E-state index is 6.25. The van der Waals surface area contributed by atoms with Gasteiger partial charge in [0.2, 0.25) is 0 Å². The van der Waals surface area contributed by atoms with Gasteiger partial charge in [0.1, 0.15) is 0 Å². The van der Waals surface area contributed by atoms with Crippen LogP contribution >= 0.6 is 15.9 Å².